The molecule has 114 valence electrons. The fourth-order valence-corrected chi connectivity index (χ4v) is 2.49. The number of anilines is 1. The minimum absolute atomic E-state index is 0.0187. The van der Waals surface area contributed by atoms with Crippen molar-refractivity contribution in [2.45, 2.75) is 31.8 Å². The summed E-state index contributed by atoms with van der Waals surface area (Å²) in [6.45, 7) is 0.730. The predicted molar refractivity (Wildman–Crippen MR) is 78.1 cm³/mol. The first-order valence-corrected chi connectivity index (χ1v) is 7.02. The second kappa shape index (κ2) is 7.03. The first-order valence-electron chi connectivity index (χ1n) is 7.02. The van der Waals surface area contributed by atoms with E-state index in [4.69, 9.17) is 10.5 Å². The van der Waals surface area contributed by atoms with E-state index in [1.54, 1.807) is 0 Å². The van der Waals surface area contributed by atoms with Gasteiger partial charge >= 0.3 is 5.69 Å². The van der Waals surface area contributed by atoms with Crippen LogP contribution in [0.5, 0.6) is 0 Å². The lowest BCUT2D eigenvalue weighted by atomic mass is 10.1. The number of nitrogen functional groups attached to an aromatic ring is 1. The SMILES string of the molecule is Nc1cccc(C(=O)NCCOC2CCCC2)c1[N+](=O)[O-]. The summed E-state index contributed by atoms with van der Waals surface area (Å²) in [7, 11) is 0. The largest absolute Gasteiger partial charge is 0.393 e. The van der Waals surface area contributed by atoms with E-state index in [9.17, 15) is 14.9 Å². The lowest BCUT2D eigenvalue weighted by molar-refractivity contribution is -0.384. The van der Waals surface area contributed by atoms with E-state index in [-0.39, 0.29) is 23.0 Å². The molecule has 0 atom stereocenters. The smallest absolute Gasteiger partial charge is 0.304 e. The van der Waals surface area contributed by atoms with Crippen molar-refractivity contribution in [2.24, 2.45) is 0 Å². The van der Waals surface area contributed by atoms with Crippen molar-refractivity contribution in [3.05, 3.63) is 33.9 Å². The number of nitro groups is 1. The molecule has 7 heteroatoms. The third-order valence-electron chi connectivity index (χ3n) is 3.54. The van der Waals surface area contributed by atoms with Crippen LogP contribution in [0.15, 0.2) is 18.2 Å². The Morgan fingerprint density at radius 3 is 2.81 bits per heavy atom. The Morgan fingerprint density at radius 2 is 2.14 bits per heavy atom. The average molecular weight is 293 g/mol. The molecule has 1 fully saturated rings. The first-order chi connectivity index (χ1) is 10.1. The number of nitrogens with one attached hydrogen (secondary N) is 1. The Bertz CT molecular complexity index is 527. The van der Waals surface area contributed by atoms with Crippen LogP contribution in [-0.4, -0.2) is 30.1 Å². The van der Waals surface area contributed by atoms with Crippen LogP contribution in [0.25, 0.3) is 0 Å². The normalized spacial score (nSPS) is 15.0. The van der Waals surface area contributed by atoms with Gasteiger partial charge in [0.15, 0.2) is 0 Å². The summed E-state index contributed by atoms with van der Waals surface area (Å²) in [6.07, 6.45) is 4.78. The fraction of sp³-hybridized carbons (Fsp3) is 0.500. The predicted octanol–water partition coefficient (Wildman–Crippen LogP) is 1.87. The molecule has 21 heavy (non-hydrogen) atoms. The van der Waals surface area contributed by atoms with E-state index < -0.39 is 10.8 Å². The second-order valence-corrected chi connectivity index (χ2v) is 5.03. The molecule has 0 unspecified atom stereocenters. The zero-order chi connectivity index (χ0) is 15.2. The number of amides is 1. The topological polar surface area (TPSA) is 107 Å². The summed E-state index contributed by atoms with van der Waals surface area (Å²) >= 11 is 0. The highest BCUT2D eigenvalue weighted by Crippen LogP contribution is 2.25. The second-order valence-electron chi connectivity index (χ2n) is 5.03. The van der Waals surface area contributed by atoms with Gasteiger partial charge in [-0.05, 0) is 25.0 Å². The Hall–Kier alpha value is -2.15. The van der Waals surface area contributed by atoms with E-state index in [0.29, 0.717) is 13.2 Å². The van der Waals surface area contributed by atoms with Gasteiger partial charge in [0.25, 0.3) is 5.91 Å². The number of nitro benzene ring substituents is 1. The lowest BCUT2D eigenvalue weighted by Crippen LogP contribution is -2.29. The molecule has 1 aromatic rings. The van der Waals surface area contributed by atoms with E-state index in [1.807, 2.05) is 0 Å². The highest BCUT2D eigenvalue weighted by atomic mass is 16.6. The van der Waals surface area contributed by atoms with Gasteiger partial charge in [0.2, 0.25) is 0 Å². The molecule has 7 nitrogen and oxygen atoms in total. The third-order valence-corrected chi connectivity index (χ3v) is 3.54. The molecule has 0 aromatic heterocycles. The zero-order valence-corrected chi connectivity index (χ0v) is 11.7. The number of ether oxygens (including phenoxy) is 1. The molecule has 1 saturated carbocycles. The number of carbonyl (C=O) groups excluding carboxylic acids is 1. The van der Waals surface area contributed by atoms with E-state index >= 15 is 0 Å². The van der Waals surface area contributed by atoms with Gasteiger partial charge in [-0.15, -0.1) is 0 Å². The molecule has 0 radical (unpaired) electrons. The molecule has 0 spiro atoms. The van der Waals surface area contributed by atoms with Crippen LogP contribution in [0.3, 0.4) is 0 Å². The molecule has 0 saturated heterocycles. The summed E-state index contributed by atoms with van der Waals surface area (Å²) < 4.78 is 5.62. The Labute approximate surface area is 122 Å². The number of hydrogen-bond donors (Lipinski definition) is 2. The Kier molecular flexibility index (Phi) is 5.10. The van der Waals surface area contributed by atoms with Gasteiger partial charge in [-0.3, -0.25) is 14.9 Å². The summed E-state index contributed by atoms with van der Waals surface area (Å²) in [5, 5.41) is 13.6. The van der Waals surface area contributed by atoms with Gasteiger partial charge in [0.05, 0.1) is 17.6 Å². The molecular weight excluding hydrogens is 274 g/mol. The molecule has 1 aromatic carbocycles. The van der Waals surface area contributed by atoms with Gasteiger partial charge in [0.1, 0.15) is 11.3 Å². The number of nitrogens with two attached hydrogens (primary N) is 1. The van der Waals surface area contributed by atoms with Crippen molar-refractivity contribution in [1.29, 1.82) is 0 Å². The first kappa shape index (κ1) is 15.2. The van der Waals surface area contributed by atoms with E-state index in [0.717, 1.165) is 12.8 Å². The highest BCUT2D eigenvalue weighted by molar-refractivity contribution is 6.00. The highest BCUT2D eigenvalue weighted by Gasteiger charge is 2.23. The standard InChI is InChI=1S/C14H19N3O4/c15-12-7-3-6-11(13(12)17(19)20)14(18)16-8-9-21-10-4-1-2-5-10/h3,6-7,10H,1-2,4-5,8-9,15H2,(H,16,18). The number of hydrogen-bond acceptors (Lipinski definition) is 5. The van der Waals surface area contributed by atoms with Crippen molar-refractivity contribution in [1.82, 2.24) is 5.32 Å². The van der Waals surface area contributed by atoms with Crippen LogP contribution in [0.1, 0.15) is 36.0 Å². The van der Waals surface area contributed by atoms with Crippen LogP contribution in [0.4, 0.5) is 11.4 Å². The molecule has 0 heterocycles. The van der Waals surface area contributed by atoms with Crippen LogP contribution in [0, 0.1) is 10.1 Å². The number of benzene rings is 1. The summed E-state index contributed by atoms with van der Waals surface area (Å²) in [4.78, 5) is 22.3. The molecule has 1 amide bonds. The van der Waals surface area contributed by atoms with E-state index in [1.165, 1.54) is 31.0 Å². The number of carbonyl (C=O) groups is 1. The summed E-state index contributed by atoms with van der Waals surface area (Å²) in [5.74, 6) is -0.510. The molecule has 1 aliphatic rings. The van der Waals surface area contributed by atoms with Crippen LogP contribution >= 0.6 is 0 Å². The van der Waals surface area contributed by atoms with Crippen molar-refractivity contribution in [3.8, 4) is 0 Å². The van der Waals surface area contributed by atoms with Crippen LogP contribution in [-0.2, 0) is 4.74 Å². The van der Waals surface area contributed by atoms with Gasteiger partial charge < -0.3 is 15.8 Å². The quantitative estimate of drug-likeness (QED) is 0.360. The molecule has 2 rings (SSSR count). The lowest BCUT2D eigenvalue weighted by Gasteiger charge is -2.11. The minimum atomic E-state index is -0.640. The van der Waals surface area contributed by atoms with Crippen molar-refractivity contribution in [2.75, 3.05) is 18.9 Å². The van der Waals surface area contributed by atoms with Crippen molar-refractivity contribution >= 4 is 17.3 Å². The van der Waals surface area contributed by atoms with Gasteiger partial charge in [-0.1, -0.05) is 18.9 Å². The van der Waals surface area contributed by atoms with Crippen molar-refractivity contribution in [3.63, 3.8) is 0 Å². The maximum absolute atomic E-state index is 12.0. The third kappa shape index (κ3) is 3.91. The average Bonchev–Trinajstić information content (AvgIpc) is 2.95. The Morgan fingerprint density at radius 1 is 1.43 bits per heavy atom. The Balaban J connectivity index is 1.88. The number of rotatable bonds is 6. The van der Waals surface area contributed by atoms with Crippen molar-refractivity contribution < 1.29 is 14.5 Å². The monoisotopic (exact) mass is 293 g/mol. The fourth-order valence-electron chi connectivity index (χ4n) is 2.49. The molecule has 1 aliphatic carbocycles. The van der Waals surface area contributed by atoms with Gasteiger partial charge in [-0.2, -0.15) is 0 Å². The summed E-state index contributed by atoms with van der Waals surface area (Å²) in [6, 6.07) is 4.31. The van der Waals surface area contributed by atoms with E-state index in [2.05, 4.69) is 5.32 Å². The van der Waals surface area contributed by atoms with Gasteiger partial charge in [0, 0.05) is 6.54 Å². The molecule has 3 N–H and O–H groups in total. The zero-order valence-electron chi connectivity index (χ0n) is 11.7. The molecule has 0 bridgehead atoms. The molecule has 0 aliphatic heterocycles. The minimum Gasteiger partial charge on any atom is -0.393 e. The summed E-state index contributed by atoms with van der Waals surface area (Å²) in [5.41, 5.74) is 5.15. The van der Waals surface area contributed by atoms with Gasteiger partial charge in [-0.25, -0.2) is 0 Å². The van der Waals surface area contributed by atoms with Crippen LogP contribution < -0.4 is 11.1 Å². The van der Waals surface area contributed by atoms with Crippen LogP contribution in [0.2, 0.25) is 0 Å². The molecular formula is C14H19N3O4. The maximum Gasteiger partial charge on any atom is 0.304 e. The number of para-hydroxylation sites is 1. The maximum atomic E-state index is 12.0. The number of nitrogens with zero attached hydrogens (tertiary/aromatic N) is 1.